The number of piperidine rings is 1. The monoisotopic (exact) mass is 326 g/mol. The summed E-state index contributed by atoms with van der Waals surface area (Å²) in [6.07, 6.45) is -0.268. The van der Waals surface area contributed by atoms with Gasteiger partial charge in [-0.1, -0.05) is 10.9 Å². The zero-order valence-corrected chi connectivity index (χ0v) is 13.4. The third-order valence-corrected chi connectivity index (χ3v) is 4.31. The molecule has 3 N–H and O–H groups in total. The van der Waals surface area contributed by atoms with Gasteiger partial charge in [-0.05, 0) is 19.4 Å². The zero-order chi connectivity index (χ0) is 18.7. The molecule has 2 atom stereocenters. The predicted molar refractivity (Wildman–Crippen MR) is 96.9 cm³/mol. The van der Waals surface area contributed by atoms with Crippen LogP contribution in [0, 0.1) is 6.92 Å². The minimum Gasteiger partial charge on any atom is -0.398 e. The van der Waals surface area contributed by atoms with E-state index in [2.05, 4.69) is 10.3 Å². The quantitative estimate of drug-likeness (QED) is 0.324. The Bertz CT molecular complexity index is 1010. The van der Waals surface area contributed by atoms with E-state index < -0.39 is 28.6 Å². The number of carbonyl (C=O) groups excluding carboxylic acids is 2. The number of aromatic nitrogens is 2. The van der Waals surface area contributed by atoms with Crippen LogP contribution in [0.4, 0.5) is 5.69 Å². The van der Waals surface area contributed by atoms with E-state index >= 15 is 0 Å². The third kappa shape index (κ3) is 2.41. The van der Waals surface area contributed by atoms with Gasteiger partial charge in [0.25, 0.3) is 5.56 Å². The van der Waals surface area contributed by atoms with Crippen LogP contribution in [-0.2, 0) is 15.0 Å². The standard InChI is InChI=1S/C14H10B4N4O3/c1-4-20-10-8(7(19)2-5(15)9(10)17)12(24)22(4)14(18)3-6(16)11(23)21-13(14)25/h2,6H,3,19H2,1H3,(H,21,23,25). The third-order valence-electron chi connectivity index (χ3n) is 4.31. The van der Waals surface area contributed by atoms with Gasteiger partial charge in [-0.15, -0.1) is 0 Å². The SMILES string of the molecule is [B]c1cc(N)c2c(=O)n(C3([B])CC([B])C(=O)NC3=O)c(C)nc2c1[B]. The number of hydrogen-bond acceptors (Lipinski definition) is 5. The second kappa shape index (κ2) is 5.54. The number of benzene rings is 1. The maximum absolute atomic E-state index is 13.0. The molecule has 0 bridgehead atoms. The number of imide groups is 1. The normalized spacial score (nSPS) is 23.6. The molecule has 2 unspecified atom stereocenters. The highest BCUT2D eigenvalue weighted by Gasteiger charge is 2.44. The molecule has 1 aromatic heterocycles. The Kier molecular flexibility index (Phi) is 3.85. The predicted octanol–water partition coefficient (Wildman–Crippen LogP) is -3.30. The summed E-state index contributed by atoms with van der Waals surface area (Å²) < 4.78 is 0.975. The largest absolute Gasteiger partial charge is 0.398 e. The van der Waals surface area contributed by atoms with Crippen LogP contribution in [0.25, 0.3) is 10.9 Å². The summed E-state index contributed by atoms with van der Waals surface area (Å²) in [5.41, 5.74) is 3.78. The van der Waals surface area contributed by atoms with Gasteiger partial charge >= 0.3 is 0 Å². The summed E-state index contributed by atoms with van der Waals surface area (Å²) in [6, 6.07) is 1.33. The molecule has 116 valence electrons. The van der Waals surface area contributed by atoms with Gasteiger partial charge in [0.2, 0.25) is 11.8 Å². The van der Waals surface area contributed by atoms with Gasteiger partial charge in [0.15, 0.2) is 0 Å². The van der Waals surface area contributed by atoms with Crippen LogP contribution in [0.1, 0.15) is 12.2 Å². The number of nitrogens with two attached hydrogens (primary N) is 1. The van der Waals surface area contributed by atoms with Gasteiger partial charge in [0.1, 0.15) is 29.4 Å². The molecule has 1 fully saturated rings. The second-order valence-electron chi connectivity index (χ2n) is 6.05. The molecule has 25 heavy (non-hydrogen) atoms. The van der Waals surface area contributed by atoms with Gasteiger partial charge < -0.3 is 5.73 Å². The molecule has 0 aliphatic carbocycles. The van der Waals surface area contributed by atoms with Crippen molar-refractivity contribution in [1.29, 1.82) is 0 Å². The lowest BCUT2D eigenvalue weighted by Gasteiger charge is -2.38. The van der Waals surface area contributed by atoms with Crippen LogP contribution >= 0.6 is 0 Å². The molecule has 2 heterocycles. The highest BCUT2D eigenvalue weighted by Crippen LogP contribution is 2.29. The summed E-state index contributed by atoms with van der Waals surface area (Å²) in [6.45, 7) is 1.48. The van der Waals surface area contributed by atoms with Crippen molar-refractivity contribution in [1.82, 2.24) is 14.9 Å². The Morgan fingerprint density at radius 2 is 2.00 bits per heavy atom. The van der Waals surface area contributed by atoms with Crippen molar-refractivity contribution in [2.45, 2.75) is 24.6 Å². The lowest BCUT2D eigenvalue weighted by molar-refractivity contribution is -0.137. The Hall–Kier alpha value is -2.44. The maximum atomic E-state index is 13.0. The van der Waals surface area contributed by atoms with Crippen molar-refractivity contribution in [3.63, 3.8) is 0 Å². The van der Waals surface area contributed by atoms with Gasteiger partial charge in [0, 0.05) is 11.5 Å². The zero-order valence-electron chi connectivity index (χ0n) is 13.4. The first-order chi connectivity index (χ1) is 11.6. The van der Waals surface area contributed by atoms with Gasteiger partial charge in [-0.3, -0.25) is 24.3 Å². The molecule has 1 aliphatic heterocycles. The molecule has 0 saturated carbocycles. The van der Waals surface area contributed by atoms with Crippen LogP contribution in [0.15, 0.2) is 10.9 Å². The average molecular weight is 326 g/mol. The fourth-order valence-corrected chi connectivity index (χ4v) is 3.03. The number of nitrogen functional groups attached to an aromatic ring is 1. The van der Waals surface area contributed by atoms with E-state index in [0.29, 0.717) is 0 Å². The molecule has 0 spiro atoms. The van der Waals surface area contributed by atoms with Crippen LogP contribution in [-0.4, -0.2) is 52.8 Å². The first-order valence-corrected chi connectivity index (χ1v) is 7.35. The number of rotatable bonds is 1. The van der Waals surface area contributed by atoms with E-state index in [0.717, 1.165) is 4.57 Å². The fraction of sp³-hybridized carbons (Fsp3) is 0.286. The number of hydrogen-bond donors (Lipinski definition) is 2. The molecule has 1 saturated heterocycles. The van der Waals surface area contributed by atoms with Gasteiger partial charge in [-0.25, -0.2) is 4.98 Å². The highest BCUT2D eigenvalue weighted by molar-refractivity contribution is 6.52. The minimum atomic E-state index is -1.89. The number of carbonyl (C=O) groups is 2. The number of amides is 2. The molecule has 7 nitrogen and oxygen atoms in total. The molecule has 1 aromatic carbocycles. The lowest BCUT2D eigenvalue weighted by atomic mass is 9.63. The molecule has 11 heteroatoms. The molecular weight excluding hydrogens is 315 g/mol. The van der Waals surface area contributed by atoms with Crippen molar-refractivity contribution < 1.29 is 9.59 Å². The second-order valence-corrected chi connectivity index (χ2v) is 6.05. The van der Waals surface area contributed by atoms with Gasteiger partial charge in [-0.2, -0.15) is 0 Å². The van der Waals surface area contributed by atoms with Crippen molar-refractivity contribution >= 4 is 70.7 Å². The van der Waals surface area contributed by atoms with Crippen LogP contribution in [0.5, 0.6) is 0 Å². The first kappa shape index (κ1) is 17.4. The smallest absolute Gasteiger partial charge is 0.263 e. The number of anilines is 1. The highest BCUT2D eigenvalue weighted by atomic mass is 16.2. The van der Waals surface area contributed by atoms with Crippen LogP contribution < -0.4 is 27.5 Å². The summed E-state index contributed by atoms with van der Waals surface area (Å²) >= 11 is 0. The maximum Gasteiger partial charge on any atom is 0.263 e. The van der Waals surface area contributed by atoms with Crippen molar-refractivity contribution in [2.24, 2.45) is 0 Å². The topological polar surface area (TPSA) is 107 Å². The van der Waals surface area contributed by atoms with Crippen LogP contribution in [0.3, 0.4) is 0 Å². The Labute approximate surface area is 148 Å². The number of fused-ring (bicyclic) bond motifs is 1. The Balaban J connectivity index is 2.37. The molecular formula is C14H10B4N4O3. The van der Waals surface area contributed by atoms with E-state index in [1.165, 1.54) is 13.0 Å². The molecule has 2 aromatic rings. The Morgan fingerprint density at radius 1 is 1.36 bits per heavy atom. The summed E-state index contributed by atoms with van der Waals surface area (Å²) in [7, 11) is 23.5. The number of nitrogens with zero attached hydrogens (tertiary/aromatic N) is 2. The van der Waals surface area contributed by atoms with Crippen molar-refractivity contribution in [2.75, 3.05) is 5.73 Å². The van der Waals surface area contributed by atoms with Crippen molar-refractivity contribution in [3.05, 3.63) is 22.2 Å². The Morgan fingerprint density at radius 3 is 2.64 bits per heavy atom. The summed E-state index contributed by atoms with van der Waals surface area (Å²) in [5, 5.41) is 2.05. The van der Waals surface area contributed by atoms with Crippen molar-refractivity contribution in [3.8, 4) is 0 Å². The van der Waals surface area contributed by atoms with E-state index in [4.69, 9.17) is 37.1 Å². The molecule has 3 rings (SSSR count). The van der Waals surface area contributed by atoms with Gasteiger partial charge in [0.05, 0.1) is 24.2 Å². The first-order valence-electron chi connectivity index (χ1n) is 7.35. The summed E-state index contributed by atoms with van der Waals surface area (Å²) in [4.78, 5) is 41.2. The average Bonchev–Trinajstić information content (AvgIpc) is 2.50. The number of nitrogens with one attached hydrogen (secondary N) is 1. The van der Waals surface area contributed by atoms with Crippen LogP contribution in [0.2, 0.25) is 5.82 Å². The summed E-state index contributed by atoms with van der Waals surface area (Å²) in [5.74, 6) is -2.47. The fourth-order valence-electron chi connectivity index (χ4n) is 3.03. The van der Waals surface area contributed by atoms with E-state index in [-0.39, 0.29) is 39.8 Å². The lowest BCUT2D eigenvalue weighted by Crippen LogP contribution is -2.60. The number of aryl methyl sites for hydroxylation is 1. The minimum absolute atomic E-state index is 0.0135. The molecule has 2 amide bonds. The van der Waals surface area contributed by atoms with E-state index in [1.807, 2.05) is 0 Å². The molecule has 1 aliphatic rings. The van der Waals surface area contributed by atoms with E-state index in [1.54, 1.807) is 0 Å². The molecule has 8 radical (unpaired) electrons. The van der Waals surface area contributed by atoms with E-state index in [9.17, 15) is 14.4 Å².